The van der Waals surface area contributed by atoms with E-state index >= 15 is 0 Å². The number of amides is 1. The third kappa shape index (κ3) is 4.71. The summed E-state index contributed by atoms with van der Waals surface area (Å²) in [5.41, 5.74) is 1.14. The van der Waals surface area contributed by atoms with E-state index in [-0.39, 0.29) is 17.8 Å². The van der Waals surface area contributed by atoms with Crippen LogP contribution in [0.1, 0.15) is 32.3 Å². The van der Waals surface area contributed by atoms with Crippen LogP contribution in [0.2, 0.25) is 0 Å². The topological polar surface area (TPSA) is 55.8 Å². The van der Waals surface area contributed by atoms with Crippen LogP contribution in [0.5, 0.6) is 5.75 Å². The van der Waals surface area contributed by atoms with Gasteiger partial charge in [0.2, 0.25) is 0 Å². The summed E-state index contributed by atoms with van der Waals surface area (Å²) in [5.74, 6) is 0.159. The molecule has 1 aliphatic rings. The molecule has 2 rings (SSSR count). The minimum Gasteiger partial charge on any atom is -0.481 e. The largest absolute Gasteiger partial charge is 0.481 e. The van der Waals surface area contributed by atoms with Gasteiger partial charge in [-0.2, -0.15) is 0 Å². The zero-order valence-corrected chi connectivity index (χ0v) is 14.1. The van der Waals surface area contributed by atoms with Gasteiger partial charge < -0.3 is 14.4 Å². The minimum atomic E-state index is -0.571. The normalized spacial score (nSPS) is 19.1. The monoisotopic (exact) mass is 319 g/mol. The lowest BCUT2D eigenvalue weighted by Crippen LogP contribution is -2.47. The van der Waals surface area contributed by atoms with Gasteiger partial charge in [-0.1, -0.05) is 17.7 Å². The molecule has 126 valence electrons. The number of aryl methyl sites for hydroxylation is 1. The first-order valence-electron chi connectivity index (χ1n) is 8.20. The van der Waals surface area contributed by atoms with Gasteiger partial charge in [0, 0.05) is 13.1 Å². The lowest BCUT2D eigenvalue weighted by molar-refractivity contribution is -0.152. The van der Waals surface area contributed by atoms with Crippen molar-refractivity contribution in [3.63, 3.8) is 0 Å². The summed E-state index contributed by atoms with van der Waals surface area (Å²) in [6, 6.07) is 7.61. The number of carbonyl (C=O) groups is 2. The molecule has 1 aromatic rings. The average molecular weight is 319 g/mol. The Bertz CT molecular complexity index is 540. The number of nitrogens with zero attached hydrogens (tertiary/aromatic N) is 1. The summed E-state index contributed by atoms with van der Waals surface area (Å²) in [5, 5.41) is 0. The van der Waals surface area contributed by atoms with Crippen LogP contribution in [0.15, 0.2) is 24.3 Å². The molecule has 5 heteroatoms. The van der Waals surface area contributed by atoms with Gasteiger partial charge in [-0.15, -0.1) is 0 Å². The molecule has 2 atom stereocenters. The maximum absolute atomic E-state index is 12.5. The number of benzene rings is 1. The van der Waals surface area contributed by atoms with E-state index in [0.717, 1.165) is 18.4 Å². The fourth-order valence-electron chi connectivity index (χ4n) is 2.76. The van der Waals surface area contributed by atoms with Gasteiger partial charge in [0.1, 0.15) is 5.75 Å². The third-order valence-electron chi connectivity index (χ3n) is 4.03. The van der Waals surface area contributed by atoms with Crippen LogP contribution in [-0.4, -0.2) is 42.6 Å². The van der Waals surface area contributed by atoms with E-state index in [4.69, 9.17) is 9.47 Å². The second-order valence-electron chi connectivity index (χ2n) is 5.95. The Kier molecular flexibility index (Phi) is 6.02. The fraction of sp³-hybridized carbons (Fsp3) is 0.556. The Hall–Kier alpha value is -2.04. The lowest BCUT2D eigenvalue weighted by atomic mass is 9.98. The van der Waals surface area contributed by atoms with Crippen molar-refractivity contribution >= 4 is 11.9 Å². The van der Waals surface area contributed by atoms with Crippen molar-refractivity contribution in [3.05, 3.63) is 29.8 Å². The van der Waals surface area contributed by atoms with Gasteiger partial charge in [-0.05, 0) is 45.7 Å². The quantitative estimate of drug-likeness (QED) is 0.783. The predicted octanol–water partition coefficient (Wildman–Crippen LogP) is 2.56. The van der Waals surface area contributed by atoms with Crippen molar-refractivity contribution in [2.24, 2.45) is 5.92 Å². The summed E-state index contributed by atoms with van der Waals surface area (Å²) in [6.07, 6.45) is 1.01. The van der Waals surface area contributed by atoms with Gasteiger partial charge in [0.05, 0.1) is 12.5 Å². The van der Waals surface area contributed by atoms with Crippen LogP contribution in [0.3, 0.4) is 0 Å². The van der Waals surface area contributed by atoms with E-state index in [2.05, 4.69) is 0 Å². The Balaban J connectivity index is 1.93. The van der Waals surface area contributed by atoms with E-state index in [9.17, 15) is 9.59 Å². The molecule has 0 unspecified atom stereocenters. The fourth-order valence-corrected chi connectivity index (χ4v) is 2.76. The van der Waals surface area contributed by atoms with Gasteiger partial charge in [-0.3, -0.25) is 9.59 Å². The van der Waals surface area contributed by atoms with E-state index in [1.807, 2.05) is 31.2 Å². The van der Waals surface area contributed by atoms with Crippen molar-refractivity contribution in [1.82, 2.24) is 4.90 Å². The molecule has 0 N–H and O–H groups in total. The number of hydrogen-bond donors (Lipinski definition) is 0. The summed E-state index contributed by atoms with van der Waals surface area (Å²) in [7, 11) is 0. The van der Waals surface area contributed by atoms with Crippen LogP contribution < -0.4 is 4.74 Å². The molecule has 0 aromatic heterocycles. The van der Waals surface area contributed by atoms with Gasteiger partial charge in [0.25, 0.3) is 5.91 Å². The maximum Gasteiger partial charge on any atom is 0.310 e. The second kappa shape index (κ2) is 7.99. The molecule has 1 saturated heterocycles. The minimum absolute atomic E-state index is 0.0837. The molecule has 1 amide bonds. The first kappa shape index (κ1) is 17.3. The first-order chi connectivity index (χ1) is 11.0. The molecular formula is C18H25NO4. The van der Waals surface area contributed by atoms with Gasteiger partial charge in [0.15, 0.2) is 6.10 Å². The molecule has 1 aromatic carbocycles. The van der Waals surface area contributed by atoms with E-state index in [1.165, 1.54) is 0 Å². The van der Waals surface area contributed by atoms with Gasteiger partial charge >= 0.3 is 5.97 Å². The van der Waals surface area contributed by atoms with Crippen LogP contribution in [0.4, 0.5) is 0 Å². The van der Waals surface area contributed by atoms with Crippen LogP contribution in [-0.2, 0) is 14.3 Å². The highest BCUT2D eigenvalue weighted by atomic mass is 16.5. The Morgan fingerprint density at radius 3 is 2.65 bits per heavy atom. The zero-order chi connectivity index (χ0) is 16.8. The van der Waals surface area contributed by atoms with Crippen molar-refractivity contribution < 1.29 is 19.1 Å². The number of ether oxygens (including phenoxy) is 2. The second-order valence-corrected chi connectivity index (χ2v) is 5.95. The van der Waals surface area contributed by atoms with Crippen molar-refractivity contribution in [1.29, 1.82) is 0 Å². The molecule has 1 fully saturated rings. The highest BCUT2D eigenvalue weighted by Crippen LogP contribution is 2.20. The SMILES string of the molecule is CCOC(=O)[C@@H]1CCCN(C(=O)[C@@H](C)Oc2ccc(C)cc2)C1. The van der Waals surface area contributed by atoms with Crippen molar-refractivity contribution in [2.75, 3.05) is 19.7 Å². The van der Waals surface area contributed by atoms with Gasteiger partial charge in [-0.25, -0.2) is 0 Å². The number of carbonyl (C=O) groups excluding carboxylic acids is 2. The molecule has 0 radical (unpaired) electrons. The molecule has 1 aliphatic heterocycles. The van der Waals surface area contributed by atoms with Crippen LogP contribution >= 0.6 is 0 Å². The average Bonchev–Trinajstić information content (AvgIpc) is 2.56. The van der Waals surface area contributed by atoms with Crippen molar-refractivity contribution in [3.8, 4) is 5.75 Å². The Morgan fingerprint density at radius 2 is 2.00 bits per heavy atom. The molecule has 0 saturated carbocycles. The standard InChI is InChI=1S/C18H25NO4/c1-4-22-18(21)15-6-5-11-19(12-15)17(20)14(3)23-16-9-7-13(2)8-10-16/h7-10,14-15H,4-6,11-12H2,1-3H3/t14-,15-/m1/s1. The third-order valence-corrected chi connectivity index (χ3v) is 4.03. The van der Waals surface area contributed by atoms with E-state index in [0.29, 0.717) is 25.4 Å². The number of piperidine rings is 1. The van der Waals surface area contributed by atoms with Crippen LogP contribution in [0, 0.1) is 12.8 Å². The Labute approximate surface area is 137 Å². The molecule has 0 spiro atoms. The number of esters is 1. The van der Waals surface area contributed by atoms with Crippen LogP contribution in [0.25, 0.3) is 0 Å². The molecule has 5 nitrogen and oxygen atoms in total. The molecular weight excluding hydrogens is 294 g/mol. The molecule has 0 aliphatic carbocycles. The Morgan fingerprint density at radius 1 is 1.30 bits per heavy atom. The number of rotatable bonds is 5. The summed E-state index contributed by atoms with van der Waals surface area (Å²) in [6.45, 7) is 6.99. The molecule has 1 heterocycles. The number of hydrogen-bond acceptors (Lipinski definition) is 4. The molecule has 0 bridgehead atoms. The summed E-state index contributed by atoms with van der Waals surface area (Å²) < 4.78 is 10.8. The number of likely N-dealkylation sites (tertiary alicyclic amines) is 1. The predicted molar refractivity (Wildman–Crippen MR) is 87.2 cm³/mol. The lowest BCUT2D eigenvalue weighted by Gasteiger charge is -2.33. The highest BCUT2D eigenvalue weighted by Gasteiger charge is 2.31. The highest BCUT2D eigenvalue weighted by molar-refractivity contribution is 5.82. The summed E-state index contributed by atoms with van der Waals surface area (Å²) >= 11 is 0. The zero-order valence-electron chi connectivity index (χ0n) is 14.1. The van der Waals surface area contributed by atoms with Crippen molar-refractivity contribution in [2.45, 2.75) is 39.7 Å². The first-order valence-corrected chi connectivity index (χ1v) is 8.20. The smallest absolute Gasteiger partial charge is 0.310 e. The maximum atomic E-state index is 12.5. The summed E-state index contributed by atoms with van der Waals surface area (Å²) in [4.78, 5) is 26.1. The van der Waals surface area contributed by atoms with E-state index in [1.54, 1.807) is 18.7 Å². The molecule has 23 heavy (non-hydrogen) atoms. The van der Waals surface area contributed by atoms with E-state index < -0.39 is 6.10 Å².